The van der Waals surface area contributed by atoms with Crippen LogP contribution in [-0.2, 0) is 11.2 Å². The quantitative estimate of drug-likeness (QED) is 0.649. The number of nitrogens with one attached hydrogen (secondary N) is 1. The number of alkyl halides is 1. The van der Waals surface area contributed by atoms with Crippen molar-refractivity contribution in [1.82, 2.24) is 0 Å². The maximum absolute atomic E-state index is 12.2. The van der Waals surface area contributed by atoms with Gasteiger partial charge in [-0.25, -0.2) is 0 Å². The monoisotopic (exact) mass is 251 g/mol. The number of hydrogen-bond acceptors (Lipinski definition) is 2. The molecule has 0 atom stereocenters. The smallest absolute Gasteiger partial charge is 0.224 e. The predicted molar refractivity (Wildman–Crippen MR) is 67.7 cm³/mol. The molecule has 0 fully saturated rings. The molecule has 0 aromatic heterocycles. The number of fused-ring (bicyclic) bond motifs is 1. The van der Waals surface area contributed by atoms with Crippen molar-refractivity contribution in [1.29, 1.82) is 0 Å². The van der Waals surface area contributed by atoms with Crippen LogP contribution in [0.1, 0.15) is 36.2 Å². The molecule has 0 spiro atoms. The fourth-order valence-electron chi connectivity index (χ4n) is 1.92. The SMILES string of the molecule is CC(C)(Cl)C(=O)c1cccc2c1NC(=O)CC2. The van der Waals surface area contributed by atoms with Crippen LogP contribution in [0.25, 0.3) is 0 Å². The molecule has 1 aliphatic rings. The number of benzene rings is 1. The number of para-hydroxylation sites is 1. The molecule has 4 heteroatoms. The van der Waals surface area contributed by atoms with E-state index in [1.54, 1.807) is 19.9 Å². The van der Waals surface area contributed by atoms with Crippen LogP contribution in [0.2, 0.25) is 0 Å². The Morgan fingerprint density at radius 2 is 2.06 bits per heavy atom. The lowest BCUT2D eigenvalue weighted by Crippen LogP contribution is -2.28. The summed E-state index contributed by atoms with van der Waals surface area (Å²) < 4.78 is 0. The van der Waals surface area contributed by atoms with E-state index in [2.05, 4.69) is 5.32 Å². The number of anilines is 1. The van der Waals surface area contributed by atoms with E-state index in [1.165, 1.54) is 0 Å². The minimum atomic E-state index is -0.961. The van der Waals surface area contributed by atoms with Gasteiger partial charge in [-0.15, -0.1) is 11.6 Å². The third kappa shape index (κ3) is 2.34. The summed E-state index contributed by atoms with van der Waals surface area (Å²) in [4.78, 5) is 22.6. The van der Waals surface area contributed by atoms with Gasteiger partial charge in [-0.3, -0.25) is 9.59 Å². The number of hydrogen-bond donors (Lipinski definition) is 1. The van der Waals surface area contributed by atoms with E-state index in [0.717, 1.165) is 5.56 Å². The van der Waals surface area contributed by atoms with E-state index in [-0.39, 0.29) is 11.7 Å². The highest BCUT2D eigenvalue weighted by Crippen LogP contribution is 2.30. The van der Waals surface area contributed by atoms with Crippen LogP contribution >= 0.6 is 11.6 Å². The fraction of sp³-hybridized carbons (Fsp3) is 0.385. The first-order valence-corrected chi connectivity index (χ1v) is 5.93. The van der Waals surface area contributed by atoms with Crippen molar-refractivity contribution in [2.24, 2.45) is 0 Å². The highest BCUT2D eigenvalue weighted by Gasteiger charge is 2.29. The summed E-state index contributed by atoms with van der Waals surface area (Å²) in [6.45, 7) is 3.31. The zero-order chi connectivity index (χ0) is 12.6. The summed E-state index contributed by atoms with van der Waals surface area (Å²) in [7, 11) is 0. The number of halogens is 1. The Bertz CT molecular complexity index is 489. The van der Waals surface area contributed by atoms with Gasteiger partial charge in [0.15, 0.2) is 5.78 Å². The average Bonchev–Trinajstić information content (AvgIpc) is 2.26. The Morgan fingerprint density at radius 1 is 1.35 bits per heavy atom. The molecule has 0 unspecified atom stereocenters. The zero-order valence-corrected chi connectivity index (χ0v) is 10.6. The summed E-state index contributed by atoms with van der Waals surface area (Å²) in [6, 6.07) is 5.45. The number of aryl methyl sites for hydroxylation is 1. The van der Waals surface area contributed by atoms with Crippen LogP contribution in [0, 0.1) is 0 Å². The predicted octanol–water partition coefficient (Wildman–Crippen LogP) is 2.77. The molecule has 3 nitrogen and oxygen atoms in total. The zero-order valence-electron chi connectivity index (χ0n) is 9.84. The van der Waals surface area contributed by atoms with Crippen molar-refractivity contribution >= 4 is 29.0 Å². The third-order valence-electron chi connectivity index (χ3n) is 2.82. The Kier molecular flexibility index (Phi) is 2.96. The minimum Gasteiger partial charge on any atom is -0.325 e. The van der Waals surface area contributed by atoms with Gasteiger partial charge in [0.25, 0.3) is 0 Å². The van der Waals surface area contributed by atoms with Crippen LogP contribution in [0.4, 0.5) is 5.69 Å². The Hall–Kier alpha value is -1.35. The topological polar surface area (TPSA) is 46.2 Å². The van der Waals surface area contributed by atoms with E-state index < -0.39 is 4.87 Å². The summed E-state index contributed by atoms with van der Waals surface area (Å²) in [6.07, 6.45) is 1.14. The molecular weight excluding hydrogens is 238 g/mol. The normalized spacial score (nSPS) is 15.1. The second-order valence-corrected chi connectivity index (χ2v) is 5.63. The van der Waals surface area contributed by atoms with Gasteiger partial charge in [0.1, 0.15) is 4.87 Å². The van der Waals surface area contributed by atoms with Gasteiger partial charge in [0, 0.05) is 12.0 Å². The first-order chi connectivity index (χ1) is 7.89. The molecule has 0 saturated carbocycles. The minimum absolute atomic E-state index is 0.0508. The Morgan fingerprint density at radius 3 is 2.71 bits per heavy atom. The van der Waals surface area contributed by atoms with Gasteiger partial charge in [0.05, 0.1) is 5.69 Å². The lowest BCUT2D eigenvalue weighted by atomic mass is 9.93. The van der Waals surface area contributed by atoms with Crippen molar-refractivity contribution in [3.05, 3.63) is 29.3 Å². The maximum atomic E-state index is 12.2. The van der Waals surface area contributed by atoms with E-state index in [4.69, 9.17) is 11.6 Å². The standard InChI is InChI=1S/C13H14ClNO2/c1-13(2,14)12(17)9-5-3-4-8-6-7-10(16)15-11(8)9/h3-5H,6-7H2,1-2H3,(H,15,16). The lowest BCUT2D eigenvalue weighted by Gasteiger charge is -2.22. The van der Waals surface area contributed by atoms with Crippen LogP contribution in [0.5, 0.6) is 0 Å². The van der Waals surface area contributed by atoms with E-state index >= 15 is 0 Å². The molecule has 1 N–H and O–H groups in total. The Balaban J connectivity index is 2.49. The van der Waals surface area contributed by atoms with Gasteiger partial charge in [-0.2, -0.15) is 0 Å². The van der Waals surface area contributed by atoms with Gasteiger partial charge in [0.2, 0.25) is 5.91 Å². The number of ketones is 1. The maximum Gasteiger partial charge on any atom is 0.224 e. The van der Waals surface area contributed by atoms with E-state index in [9.17, 15) is 9.59 Å². The van der Waals surface area contributed by atoms with Gasteiger partial charge >= 0.3 is 0 Å². The first-order valence-electron chi connectivity index (χ1n) is 5.55. The molecule has 0 aliphatic carbocycles. The molecule has 1 aliphatic heterocycles. The van der Waals surface area contributed by atoms with Crippen LogP contribution in [0.3, 0.4) is 0 Å². The molecule has 1 heterocycles. The summed E-state index contributed by atoms with van der Waals surface area (Å²) in [5, 5.41) is 2.76. The van der Waals surface area contributed by atoms with Crippen molar-refractivity contribution < 1.29 is 9.59 Å². The van der Waals surface area contributed by atoms with E-state index in [1.807, 2.05) is 12.1 Å². The molecule has 1 amide bonds. The van der Waals surface area contributed by atoms with Crippen LogP contribution in [-0.4, -0.2) is 16.6 Å². The summed E-state index contributed by atoms with van der Waals surface area (Å²) in [5.74, 6) is -0.219. The second kappa shape index (κ2) is 4.15. The summed E-state index contributed by atoms with van der Waals surface area (Å²) in [5.41, 5.74) is 2.12. The lowest BCUT2D eigenvalue weighted by molar-refractivity contribution is -0.116. The van der Waals surface area contributed by atoms with Crippen LogP contribution < -0.4 is 5.32 Å². The second-order valence-electron chi connectivity index (χ2n) is 4.69. The van der Waals surface area contributed by atoms with Crippen molar-refractivity contribution in [2.75, 3.05) is 5.32 Å². The van der Waals surface area contributed by atoms with Gasteiger partial charge in [-0.1, -0.05) is 12.1 Å². The first kappa shape index (κ1) is 12.1. The Labute approximate surface area is 105 Å². The molecule has 2 rings (SSSR count). The van der Waals surface area contributed by atoms with Crippen LogP contribution in [0.15, 0.2) is 18.2 Å². The molecule has 0 bridgehead atoms. The van der Waals surface area contributed by atoms with Crippen molar-refractivity contribution in [2.45, 2.75) is 31.6 Å². The molecule has 0 radical (unpaired) electrons. The summed E-state index contributed by atoms with van der Waals surface area (Å²) >= 11 is 6.03. The number of Topliss-reactive ketones (excluding diaryl/α,β-unsaturated/α-hetero) is 1. The number of carbonyl (C=O) groups is 2. The highest BCUT2D eigenvalue weighted by molar-refractivity contribution is 6.38. The van der Waals surface area contributed by atoms with Crippen molar-refractivity contribution in [3.8, 4) is 0 Å². The third-order valence-corrected chi connectivity index (χ3v) is 2.99. The molecule has 17 heavy (non-hydrogen) atoms. The average molecular weight is 252 g/mol. The molecular formula is C13H14ClNO2. The molecule has 0 saturated heterocycles. The van der Waals surface area contributed by atoms with E-state index in [0.29, 0.717) is 24.1 Å². The fourth-order valence-corrected chi connectivity index (χ4v) is 2.02. The molecule has 1 aromatic rings. The molecule has 1 aromatic carbocycles. The largest absolute Gasteiger partial charge is 0.325 e. The van der Waals surface area contributed by atoms with Gasteiger partial charge in [-0.05, 0) is 31.9 Å². The number of rotatable bonds is 2. The highest BCUT2D eigenvalue weighted by atomic mass is 35.5. The molecule has 90 valence electrons. The van der Waals surface area contributed by atoms with Crippen molar-refractivity contribution in [3.63, 3.8) is 0 Å². The van der Waals surface area contributed by atoms with Gasteiger partial charge < -0.3 is 5.32 Å². The number of carbonyl (C=O) groups excluding carboxylic acids is 2. The number of amides is 1.